The summed E-state index contributed by atoms with van der Waals surface area (Å²) in [5.74, 6) is -1.05. The minimum Gasteiger partial charge on any atom is -0.480 e. The Balaban J connectivity index is 1.84. The van der Waals surface area contributed by atoms with Gasteiger partial charge in [0.2, 0.25) is 5.91 Å². The molecule has 1 fully saturated rings. The van der Waals surface area contributed by atoms with Crippen molar-refractivity contribution in [1.82, 2.24) is 10.2 Å². The molecule has 1 saturated carbocycles. The molecule has 0 aromatic heterocycles. The van der Waals surface area contributed by atoms with E-state index in [1.165, 1.54) is 10.5 Å². The molecule has 0 spiro atoms. The van der Waals surface area contributed by atoms with Crippen LogP contribution in [0.25, 0.3) is 0 Å². The highest BCUT2D eigenvalue weighted by molar-refractivity contribution is 5.79. The summed E-state index contributed by atoms with van der Waals surface area (Å²) in [6.45, 7) is 2.28. The summed E-state index contributed by atoms with van der Waals surface area (Å²) in [7, 11) is 1.64. The number of carbonyl (C=O) groups is 2. The third kappa shape index (κ3) is 3.82. The van der Waals surface area contributed by atoms with Gasteiger partial charge in [0.1, 0.15) is 6.04 Å². The van der Waals surface area contributed by atoms with Gasteiger partial charge in [-0.3, -0.25) is 14.5 Å². The van der Waals surface area contributed by atoms with Crippen molar-refractivity contribution in [3.8, 4) is 0 Å². The minimum absolute atomic E-state index is 0.0773. The van der Waals surface area contributed by atoms with Gasteiger partial charge in [-0.15, -0.1) is 0 Å². The SMILES string of the molecule is CC(C(=O)O)N(C)CC(=O)NCC1(c2ccccc2)CC1. The fourth-order valence-electron chi connectivity index (χ4n) is 2.39. The van der Waals surface area contributed by atoms with Crippen LogP contribution in [0.1, 0.15) is 25.3 Å². The van der Waals surface area contributed by atoms with Gasteiger partial charge in [0.05, 0.1) is 6.54 Å². The summed E-state index contributed by atoms with van der Waals surface area (Å²) < 4.78 is 0. The molecule has 5 heteroatoms. The van der Waals surface area contributed by atoms with E-state index in [1.54, 1.807) is 14.0 Å². The highest BCUT2D eigenvalue weighted by Gasteiger charge is 2.44. The minimum atomic E-state index is -0.923. The molecule has 1 aromatic rings. The first-order chi connectivity index (χ1) is 9.94. The fourth-order valence-corrected chi connectivity index (χ4v) is 2.39. The van der Waals surface area contributed by atoms with Crippen LogP contribution in [-0.2, 0) is 15.0 Å². The van der Waals surface area contributed by atoms with Gasteiger partial charge >= 0.3 is 5.97 Å². The Bertz CT molecular complexity index is 512. The lowest BCUT2D eigenvalue weighted by atomic mass is 9.96. The fraction of sp³-hybridized carbons (Fsp3) is 0.500. The number of nitrogens with one attached hydrogen (secondary N) is 1. The zero-order valence-corrected chi connectivity index (χ0v) is 12.5. The van der Waals surface area contributed by atoms with Gasteiger partial charge in [0.25, 0.3) is 0 Å². The van der Waals surface area contributed by atoms with Gasteiger partial charge in [-0.25, -0.2) is 0 Å². The normalized spacial score (nSPS) is 17.3. The molecule has 1 atom stereocenters. The third-order valence-electron chi connectivity index (χ3n) is 4.28. The molecule has 0 bridgehead atoms. The van der Waals surface area contributed by atoms with Gasteiger partial charge in [-0.1, -0.05) is 30.3 Å². The molecule has 114 valence electrons. The van der Waals surface area contributed by atoms with Gasteiger partial charge in [0.15, 0.2) is 0 Å². The third-order valence-corrected chi connectivity index (χ3v) is 4.28. The molecule has 0 saturated heterocycles. The summed E-state index contributed by atoms with van der Waals surface area (Å²) in [6, 6.07) is 9.54. The van der Waals surface area contributed by atoms with E-state index in [9.17, 15) is 9.59 Å². The zero-order valence-electron chi connectivity index (χ0n) is 12.5. The molecular weight excluding hydrogens is 268 g/mol. The van der Waals surface area contributed by atoms with Crippen molar-refractivity contribution in [3.63, 3.8) is 0 Å². The molecule has 2 rings (SSSR count). The summed E-state index contributed by atoms with van der Waals surface area (Å²) >= 11 is 0. The first-order valence-corrected chi connectivity index (χ1v) is 7.20. The number of hydrogen-bond acceptors (Lipinski definition) is 3. The number of likely N-dealkylation sites (N-methyl/N-ethyl adjacent to an activating group) is 1. The zero-order chi connectivity index (χ0) is 15.5. The van der Waals surface area contributed by atoms with E-state index in [2.05, 4.69) is 17.4 Å². The number of amides is 1. The van der Waals surface area contributed by atoms with Crippen LogP contribution in [0, 0.1) is 0 Å². The molecule has 1 aromatic carbocycles. The number of carboxylic acids is 1. The second-order valence-electron chi connectivity index (χ2n) is 5.85. The number of hydrogen-bond donors (Lipinski definition) is 2. The Morgan fingerprint density at radius 3 is 2.48 bits per heavy atom. The van der Waals surface area contributed by atoms with Crippen LogP contribution in [0.3, 0.4) is 0 Å². The van der Waals surface area contributed by atoms with Crippen molar-refractivity contribution in [2.24, 2.45) is 0 Å². The number of aliphatic carboxylic acids is 1. The lowest BCUT2D eigenvalue weighted by molar-refractivity contribution is -0.142. The average Bonchev–Trinajstić information content (AvgIpc) is 3.26. The molecule has 1 aliphatic rings. The molecule has 21 heavy (non-hydrogen) atoms. The quantitative estimate of drug-likeness (QED) is 0.792. The Kier molecular flexibility index (Phi) is 4.63. The van der Waals surface area contributed by atoms with Crippen molar-refractivity contribution >= 4 is 11.9 Å². The van der Waals surface area contributed by atoms with E-state index in [4.69, 9.17) is 5.11 Å². The van der Waals surface area contributed by atoms with Gasteiger partial charge in [-0.05, 0) is 32.4 Å². The van der Waals surface area contributed by atoms with Crippen LogP contribution in [0.4, 0.5) is 0 Å². The maximum atomic E-state index is 11.9. The Morgan fingerprint density at radius 1 is 1.33 bits per heavy atom. The Labute approximate surface area is 125 Å². The van der Waals surface area contributed by atoms with Crippen LogP contribution in [-0.4, -0.2) is 48.1 Å². The summed E-state index contributed by atoms with van der Waals surface area (Å²) in [4.78, 5) is 24.3. The van der Waals surface area contributed by atoms with E-state index in [0.717, 1.165) is 12.8 Å². The molecular formula is C16H22N2O3. The first-order valence-electron chi connectivity index (χ1n) is 7.20. The second-order valence-corrected chi connectivity index (χ2v) is 5.85. The summed E-state index contributed by atoms with van der Waals surface area (Å²) in [6.07, 6.45) is 2.16. The standard InChI is InChI=1S/C16H22N2O3/c1-12(15(20)21)18(2)10-14(19)17-11-16(8-9-16)13-6-4-3-5-7-13/h3-7,12H,8-11H2,1-2H3,(H,17,19)(H,20,21). The van der Waals surface area contributed by atoms with E-state index < -0.39 is 12.0 Å². The van der Waals surface area contributed by atoms with Crippen LogP contribution in [0.5, 0.6) is 0 Å². The van der Waals surface area contributed by atoms with E-state index in [-0.39, 0.29) is 17.9 Å². The lowest BCUT2D eigenvalue weighted by Crippen LogP contribution is -2.44. The van der Waals surface area contributed by atoms with Gasteiger partial charge in [0, 0.05) is 12.0 Å². The molecule has 2 N–H and O–H groups in total. The van der Waals surface area contributed by atoms with E-state index in [0.29, 0.717) is 6.54 Å². The number of rotatable bonds is 7. The number of carbonyl (C=O) groups excluding carboxylic acids is 1. The predicted octanol–water partition coefficient (Wildman–Crippen LogP) is 1.24. The number of nitrogens with zero attached hydrogens (tertiary/aromatic N) is 1. The van der Waals surface area contributed by atoms with Crippen molar-refractivity contribution in [2.45, 2.75) is 31.2 Å². The van der Waals surface area contributed by atoms with Crippen molar-refractivity contribution in [1.29, 1.82) is 0 Å². The highest BCUT2D eigenvalue weighted by Crippen LogP contribution is 2.47. The van der Waals surface area contributed by atoms with E-state index in [1.807, 2.05) is 18.2 Å². The summed E-state index contributed by atoms with van der Waals surface area (Å²) in [5, 5.41) is 11.8. The number of carboxylic acid groups (broad SMARTS) is 1. The summed E-state index contributed by atoms with van der Waals surface area (Å²) in [5.41, 5.74) is 1.34. The van der Waals surface area contributed by atoms with Crippen molar-refractivity contribution in [2.75, 3.05) is 20.1 Å². The van der Waals surface area contributed by atoms with E-state index >= 15 is 0 Å². The smallest absolute Gasteiger partial charge is 0.320 e. The van der Waals surface area contributed by atoms with Gasteiger partial charge < -0.3 is 10.4 Å². The molecule has 0 heterocycles. The molecule has 0 radical (unpaired) electrons. The first kappa shape index (κ1) is 15.5. The van der Waals surface area contributed by atoms with Crippen molar-refractivity contribution < 1.29 is 14.7 Å². The molecule has 5 nitrogen and oxygen atoms in total. The second kappa shape index (κ2) is 6.26. The van der Waals surface area contributed by atoms with Crippen molar-refractivity contribution in [3.05, 3.63) is 35.9 Å². The molecule has 1 amide bonds. The molecule has 1 unspecified atom stereocenters. The molecule has 0 aliphatic heterocycles. The largest absolute Gasteiger partial charge is 0.480 e. The topological polar surface area (TPSA) is 69.6 Å². The average molecular weight is 290 g/mol. The van der Waals surface area contributed by atoms with Crippen LogP contribution in [0.15, 0.2) is 30.3 Å². The lowest BCUT2D eigenvalue weighted by Gasteiger charge is -2.22. The maximum absolute atomic E-state index is 11.9. The van der Waals surface area contributed by atoms with Gasteiger partial charge in [-0.2, -0.15) is 0 Å². The monoisotopic (exact) mass is 290 g/mol. The predicted molar refractivity (Wildman–Crippen MR) is 80.1 cm³/mol. The number of benzene rings is 1. The Hall–Kier alpha value is -1.88. The highest BCUT2D eigenvalue weighted by atomic mass is 16.4. The van der Waals surface area contributed by atoms with Crippen LogP contribution < -0.4 is 5.32 Å². The molecule has 1 aliphatic carbocycles. The van der Waals surface area contributed by atoms with Crippen LogP contribution >= 0.6 is 0 Å². The van der Waals surface area contributed by atoms with Crippen LogP contribution in [0.2, 0.25) is 0 Å². The maximum Gasteiger partial charge on any atom is 0.320 e. The Morgan fingerprint density at radius 2 is 1.95 bits per heavy atom.